The van der Waals surface area contributed by atoms with Crippen molar-refractivity contribution in [2.75, 3.05) is 38.1 Å². The van der Waals surface area contributed by atoms with Crippen molar-refractivity contribution in [3.05, 3.63) is 29.6 Å². The van der Waals surface area contributed by atoms with Crippen molar-refractivity contribution >= 4 is 5.69 Å². The lowest BCUT2D eigenvalue weighted by atomic mass is 10.2. The van der Waals surface area contributed by atoms with Gasteiger partial charge in [-0.25, -0.2) is 4.39 Å². The molecule has 1 aliphatic rings. The first kappa shape index (κ1) is 12.3. The number of hydrogen-bond acceptors (Lipinski definition) is 3. The molecule has 1 aromatic carbocycles. The minimum absolute atomic E-state index is 0.113. The molecule has 17 heavy (non-hydrogen) atoms. The summed E-state index contributed by atoms with van der Waals surface area (Å²) in [6, 6.07) is 4.80. The van der Waals surface area contributed by atoms with Gasteiger partial charge in [0, 0.05) is 25.3 Å². The highest BCUT2D eigenvalue weighted by molar-refractivity contribution is 5.49. The number of rotatable bonds is 2. The van der Waals surface area contributed by atoms with E-state index < -0.39 is 0 Å². The topological polar surface area (TPSA) is 26.7 Å². The zero-order chi connectivity index (χ0) is 12.3. The summed E-state index contributed by atoms with van der Waals surface area (Å²) < 4.78 is 13.4. The zero-order valence-corrected chi connectivity index (χ0v) is 10.2. The second-order valence-corrected chi connectivity index (χ2v) is 4.62. The summed E-state index contributed by atoms with van der Waals surface area (Å²) >= 11 is 0. The van der Waals surface area contributed by atoms with Crippen LogP contribution in [0.5, 0.6) is 0 Å². The van der Waals surface area contributed by atoms with Crippen molar-refractivity contribution in [1.29, 1.82) is 0 Å². The summed E-state index contributed by atoms with van der Waals surface area (Å²) in [7, 11) is 2.11. The second kappa shape index (κ2) is 5.47. The Labute approximate surface area is 101 Å². The summed E-state index contributed by atoms with van der Waals surface area (Å²) in [6.07, 6.45) is 1.08. The minimum Gasteiger partial charge on any atom is -0.392 e. The van der Waals surface area contributed by atoms with Gasteiger partial charge in [-0.1, -0.05) is 0 Å². The minimum atomic E-state index is -0.274. The second-order valence-electron chi connectivity index (χ2n) is 4.62. The summed E-state index contributed by atoms with van der Waals surface area (Å²) in [4.78, 5) is 4.47. The molecule has 1 aliphatic heterocycles. The molecule has 0 aliphatic carbocycles. The number of likely N-dealkylation sites (N-methyl/N-ethyl adjacent to an activating group) is 1. The number of aliphatic hydroxyl groups excluding tert-OH is 1. The molecule has 0 bridgehead atoms. The summed E-state index contributed by atoms with van der Waals surface area (Å²) in [5, 5.41) is 9.09. The Morgan fingerprint density at radius 3 is 2.76 bits per heavy atom. The predicted molar refractivity (Wildman–Crippen MR) is 66.6 cm³/mol. The van der Waals surface area contributed by atoms with Gasteiger partial charge >= 0.3 is 0 Å². The van der Waals surface area contributed by atoms with Gasteiger partial charge in [-0.3, -0.25) is 0 Å². The van der Waals surface area contributed by atoms with E-state index in [2.05, 4.69) is 16.8 Å². The molecule has 2 rings (SSSR count). The Balaban J connectivity index is 2.17. The first-order chi connectivity index (χ1) is 8.19. The predicted octanol–water partition coefficient (Wildman–Crippen LogP) is 1.46. The average Bonchev–Trinajstić information content (AvgIpc) is 2.53. The quantitative estimate of drug-likeness (QED) is 0.845. The lowest BCUT2D eigenvalue weighted by Crippen LogP contribution is -2.28. The van der Waals surface area contributed by atoms with Crippen LogP contribution in [0.1, 0.15) is 12.0 Å². The standard InChI is InChI=1S/C13H19FN2O/c1-15-3-2-4-16(6-5-15)13-8-11(10-17)7-12(14)9-13/h7-9,17H,2-6,10H2,1H3. The van der Waals surface area contributed by atoms with Crippen molar-refractivity contribution in [3.8, 4) is 0 Å². The van der Waals surface area contributed by atoms with Gasteiger partial charge in [0.2, 0.25) is 0 Å². The SMILES string of the molecule is CN1CCCN(c2cc(F)cc(CO)c2)CC1. The van der Waals surface area contributed by atoms with Crippen LogP contribution in [0.3, 0.4) is 0 Å². The maximum atomic E-state index is 13.4. The van der Waals surface area contributed by atoms with Gasteiger partial charge in [0.1, 0.15) is 5.82 Å². The van der Waals surface area contributed by atoms with Crippen LogP contribution in [0.2, 0.25) is 0 Å². The smallest absolute Gasteiger partial charge is 0.125 e. The van der Waals surface area contributed by atoms with E-state index in [1.165, 1.54) is 6.07 Å². The third-order valence-electron chi connectivity index (χ3n) is 3.21. The molecule has 3 nitrogen and oxygen atoms in total. The van der Waals surface area contributed by atoms with Gasteiger partial charge in [0.25, 0.3) is 0 Å². The molecule has 0 saturated carbocycles. The van der Waals surface area contributed by atoms with Crippen LogP contribution in [-0.2, 0) is 6.61 Å². The van der Waals surface area contributed by atoms with Crippen molar-refractivity contribution < 1.29 is 9.50 Å². The molecule has 0 amide bonds. The normalized spacial score (nSPS) is 18.2. The van der Waals surface area contributed by atoms with Crippen LogP contribution >= 0.6 is 0 Å². The Bertz CT molecular complexity index is 384. The third kappa shape index (κ3) is 3.17. The van der Waals surface area contributed by atoms with Gasteiger partial charge in [-0.2, -0.15) is 0 Å². The molecule has 0 spiro atoms. The van der Waals surface area contributed by atoms with Gasteiger partial charge < -0.3 is 14.9 Å². The Morgan fingerprint density at radius 2 is 2.00 bits per heavy atom. The van der Waals surface area contributed by atoms with Crippen LogP contribution in [0, 0.1) is 5.82 Å². The number of nitrogens with zero attached hydrogens (tertiary/aromatic N) is 2. The summed E-state index contributed by atoms with van der Waals surface area (Å²) in [5.41, 5.74) is 1.52. The molecule has 0 unspecified atom stereocenters. The van der Waals surface area contributed by atoms with E-state index in [0.29, 0.717) is 5.56 Å². The van der Waals surface area contributed by atoms with E-state index in [9.17, 15) is 4.39 Å². The molecule has 1 aromatic rings. The molecule has 94 valence electrons. The van der Waals surface area contributed by atoms with Crippen molar-refractivity contribution in [3.63, 3.8) is 0 Å². The number of benzene rings is 1. The van der Waals surface area contributed by atoms with Gasteiger partial charge in [-0.15, -0.1) is 0 Å². The van der Waals surface area contributed by atoms with Crippen LogP contribution in [0.15, 0.2) is 18.2 Å². The Morgan fingerprint density at radius 1 is 1.18 bits per heavy atom. The van der Waals surface area contributed by atoms with E-state index in [1.54, 1.807) is 6.07 Å². The van der Waals surface area contributed by atoms with Crippen molar-refractivity contribution in [1.82, 2.24) is 4.90 Å². The molecule has 1 N–H and O–H groups in total. The summed E-state index contributed by atoms with van der Waals surface area (Å²) in [5.74, 6) is -0.274. The molecular formula is C13H19FN2O. The fourth-order valence-electron chi connectivity index (χ4n) is 2.21. The zero-order valence-electron chi connectivity index (χ0n) is 10.2. The number of anilines is 1. The maximum Gasteiger partial charge on any atom is 0.125 e. The highest BCUT2D eigenvalue weighted by Crippen LogP contribution is 2.20. The van der Waals surface area contributed by atoms with Crippen molar-refractivity contribution in [2.45, 2.75) is 13.0 Å². The highest BCUT2D eigenvalue weighted by Gasteiger charge is 2.13. The highest BCUT2D eigenvalue weighted by atomic mass is 19.1. The number of halogens is 1. The van der Waals surface area contributed by atoms with Crippen LogP contribution in [-0.4, -0.2) is 43.2 Å². The van der Waals surface area contributed by atoms with Gasteiger partial charge in [0.15, 0.2) is 0 Å². The summed E-state index contributed by atoms with van der Waals surface area (Å²) in [6.45, 7) is 3.81. The van der Waals surface area contributed by atoms with Gasteiger partial charge in [-0.05, 0) is 43.8 Å². The maximum absolute atomic E-state index is 13.4. The molecule has 0 radical (unpaired) electrons. The monoisotopic (exact) mass is 238 g/mol. The van der Waals surface area contributed by atoms with Gasteiger partial charge in [0.05, 0.1) is 6.61 Å². The van der Waals surface area contributed by atoms with E-state index in [1.807, 2.05) is 6.07 Å². The molecular weight excluding hydrogens is 219 g/mol. The Kier molecular flexibility index (Phi) is 3.97. The third-order valence-corrected chi connectivity index (χ3v) is 3.21. The molecule has 1 fully saturated rings. The van der Waals surface area contributed by atoms with Crippen LogP contribution in [0.4, 0.5) is 10.1 Å². The molecule has 0 aromatic heterocycles. The van der Waals surface area contributed by atoms with E-state index >= 15 is 0 Å². The number of hydrogen-bond donors (Lipinski definition) is 1. The molecule has 1 saturated heterocycles. The average molecular weight is 238 g/mol. The first-order valence-corrected chi connectivity index (χ1v) is 6.03. The van der Waals surface area contributed by atoms with Crippen LogP contribution < -0.4 is 4.90 Å². The van der Waals surface area contributed by atoms with Crippen LogP contribution in [0.25, 0.3) is 0 Å². The lowest BCUT2D eigenvalue weighted by molar-refractivity contribution is 0.281. The van der Waals surface area contributed by atoms with E-state index in [0.717, 1.165) is 38.3 Å². The van der Waals surface area contributed by atoms with Crippen molar-refractivity contribution in [2.24, 2.45) is 0 Å². The van der Waals surface area contributed by atoms with E-state index in [4.69, 9.17) is 5.11 Å². The first-order valence-electron chi connectivity index (χ1n) is 6.03. The fourth-order valence-corrected chi connectivity index (χ4v) is 2.21. The number of aliphatic hydroxyl groups is 1. The molecule has 4 heteroatoms. The largest absolute Gasteiger partial charge is 0.392 e. The molecule has 0 atom stereocenters. The van der Waals surface area contributed by atoms with E-state index in [-0.39, 0.29) is 12.4 Å². The lowest BCUT2D eigenvalue weighted by Gasteiger charge is -2.23. The molecule has 1 heterocycles. The Hall–Kier alpha value is -1.13. The fraction of sp³-hybridized carbons (Fsp3) is 0.538.